The summed E-state index contributed by atoms with van der Waals surface area (Å²) in [7, 11) is 1.29. The van der Waals surface area contributed by atoms with E-state index in [9.17, 15) is 9.18 Å². The summed E-state index contributed by atoms with van der Waals surface area (Å²) in [6.45, 7) is 1.10. The van der Waals surface area contributed by atoms with Gasteiger partial charge in [-0.25, -0.2) is 9.18 Å². The van der Waals surface area contributed by atoms with Crippen LogP contribution in [0, 0.1) is 5.82 Å². The molecule has 6 heteroatoms. The fraction of sp³-hybridized carbons (Fsp3) is 0.233. The van der Waals surface area contributed by atoms with E-state index in [4.69, 9.17) is 9.47 Å². The summed E-state index contributed by atoms with van der Waals surface area (Å²) >= 11 is 0. The second kappa shape index (κ2) is 10.8. The van der Waals surface area contributed by atoms with E-state index in [1.54, 1.807) is 6.07 Å². The van der Waals surface area contributed by atoms with Crippen LogP contribution in [-0.4, -0.2) is 32.3 Å². The van der Waals surface area contributed by atoms with Crippen LogP contribution in [0.15, 0.2) is 84.9 Å². The van der Waals surface area contributed by atoms with Gasteiger partial charge in [0, 0.05) is 30.6 Å². The maximum absolute atomic E-state index is 14.5. The van der Waals surface area contributed by atoms with Gasteiger partial charge in [0.05, 0.1) is 7.11 Å². The first-order valence-corrected chi connectivity index (χ1v) is 12.0. The van der Waals surface area contributed by atoms with Crippen molar-refractivity contribution in [3.8, 4) is 11.5 Å². The third kappa shape index (κ3) is 5.34. The van der Waals surface area contributed by atoms with Crippen LogP contribution in [0.25, 0.3) is 10.8 Å². The Labute approximate surface area is 209 Å². The molecule has 0 amide bonds. The fourth-order valence-corrected chi connectivity index (χ4v) is 4.82. The SMILES string of the molecule is COC(=O)COc1cc(F)cc(C2CC(CNCc3cccc4ccccc34)Oc3ccccc32)c1. The number of nitrogens with one attached hydrogen (secondary N) is 1. The Morgan fingerprint density at radius 1 is 1.03 bits per heavy atom. The number of carbonyl (C=O) groups excluding carboxylic acids is 1. The first-order chi connectivity index (χ1) is 17.6. The molecule has 0 saturated heterocycles. The summed E-state index contributed by atoms with van der Waals surface area (Å²) in [6.07, 6.45) is 0.585. The maximum atomic E-state index is 14.5. The number of fused-ring (bicyclic) bond motifs is 2. The molecule has 4 aromatic rings. The predicted octanol–water partition coefficient (Wildman–Crippen LogP) is 5.60. The highest BCUT2D eigenvalue weighted by Gasteiger charge is 2.30. The third-order valence-corrected chi connectivity index (χ3v) is 6.53. The van der Waals surface area contributed by atoms with Crippen LogP contribution < -0.4 is 14.8 Å². The number of benzene rings is 4. The van der Waals surface area contributed by atoms with Gasteiger partial charge in [-0.15, -0.1) is 0 Å². The molecule has 0 fully saturated rings. The number of hydrogen-bond donors (Lipinski definition) is 1. The normalized spacial score (nSPS) is 16.7. The number of esters is 1. The van der Waals surface area contributed by atoms with Gasteiger partial charge in [0.25, 0.3) is 0 Å². The molecule has 5 rings (SSSR count). The standard InChI is InChI=1S/C30H28FNO4/c1-34-30(33)19-35-24-14-22(13-23(31)15-24)28-16-25(36-29-12-5-4-11-27(28)29)18-32-17-21-9-6-8-20-7-2-3-10-26(20)21/h2-15,25,28,32H,16-19H2,1H3. The first-order valence-electron chi connectivity index (χ1n) is 12.0. The minimum absolute atomic E-state index is 0.0736. The average molecular weight is 486 g/mol. The van der Waals surface area contributed by atoms with Crippen LogP contribution in [0.3, 0.4) is 0 Å². The molecule has 0 bridgehead atoms. The zero-order valence-corrected chi connectivity index (χ0v) is 20.1. The van der Waals surface area contributed by atoms with Gasteiger partial charge < -0.3 is 19.5 Å². The number of carbonyl (C=O) groups is 1. The van der Waals surface area contributed by atoms with E-state index in [0.717, 1.165) is 23.4 Å². The molecule has 0 aromatic heterocycles. The van der Waals surface area contributed by atoms with Crippen LogP contribution in [0.2, 0.25) is 0 Å². The topological polar surface area (TPSA) is 56.8 Å². The third-order valence-electron chi connectivity index (χ3n) is 6.53. The minimum atomic E-state index is -0.519. The van der Waals surface area contributed by atoms with Gasteiger partial charge in [-0.1, -0.05) is 60.7 Å². The Kier molecular flexibility index (Phi) is 7.14. The highest BCUT2D eigenvalue weighted by Crippen LogP contribution is 2.41. The van der Waals surface area contributed by atoms with E-state index >= 15 is 0 Å². The molecule has 0 radical (unpaired) electrons. The van der Waals surface area contributed by atoms with Crippen LogP contribution >= 0.6 is 0 Å². The Morgan fingerprint density at radius 2 is 1.83 bits per heavy atom. The van der Waals surface area contributed by atoms with Crippen LogP contribution in [-0.2, 0) is 16.1 Å². The average Bonchev–Trinajstić information content (AvgIpc) is 2.91. The number of ether oxygens (including phenoxy) is 3. The fourth-order valence-electron chi connectivity index (χ4n) is 4.82. The van der Waals surface area contributed by atoms with E-state index in [0.29, 0.717) is 18.7 Å². The minimum Gasteiger partial charge on any atom is -0.489 e. The highest BCUT2D eigenvalue weighted by molar-refractivity contribution is 5.85. The Bertz CT molecular complexity index is 1370. The Morgan fingerprint density at radius 3 is 2.72 bits per heavy atom. The van der Waals surface area contributed by atoms with Crippen molar-refractivity contribution in [2.75, 3.05) is 20.3 Å². The lowest BCUT2D eigenvalue weighted by atomic mass is 9.84. The summed E-state index contributed by atoms with van der Waals surface area (Å²) in [6, 6.07) is 27.2. The van der Waals surface area contributed by atoms with Gasteiger partial charge in [0.1, 0.15) is 23.4 Å². The Balaban J connectivity index is 1.33. The smallest absolute Gasteiger partial charge is 0.343 e. The van der Waals surface area contributed by atoms with Crippen molar-refractivity contribution in [3.05, 3.63) is 107 Å². The zero-order chi connectivity index (χ0) is 24.9. The zero-order valence-electron chi connectivity index (χ0n) is 20.1. The van der Waals surface area contributed by atoms with Crippen molar-refractivity contribution in [2.24, 2.45) is 0 Å². The van der Waals surface area contributed by atoms with Crippen molar-refractivity contribution in [3.63, 3.8) is 0 Å². The molecule has 2 unspecified atom stereocenters. The van der Waals surface area contributed by atoms with E-state index in [1.807, 2.05) is 30.3 Å². The number of halogens is 1. The lowest BCUT2D eigenvalue weighted by Gasteiger charge is -2.33. The lowest BCUT2D eigenvalue weighted by Crippen LogP contribution is -2.35. The number of rotatable bonds is 8. The van der Waals surface area contributed by atoms with E-state index in [-0.39, 0.29) is 18.6 Å². The van der Waals surface area contributed by atoms with Crippen molar-refractivity contribution < 1.29 is 23.4 Å². The van der Waals surface area contributed by atoms with Gasteiger partial charge in [0.15, 0.2) is 6.61 Å². The van der Waals surface area contributed by atoms with Crippen molar-refractivity contribution in [1.29, 1.82) is 0 Å². The maximum Gasteiger partial charge on any atom is 0.343 e. The number of para-hydroxylation sites is 1. The molecule has 5 nitrogen and oxygen atoms in total. The molecular weight excluding hydrogens is 457 g/mol. The summed E-state index contributed by atoms with van der Waals surface area (Å²) in [5, 5.41) is 6.01. The molecule has 1 aliphatic rings. The molecule has 36 heavy (non-hydrogen) atoms. The molecule has 184 valence electrons. The quantitative estimate of drug-likeness (QED) is 0.329. The number of methoxy groups -OCH3 is 1. The molecular formula is C30H28FNO4. The molecule has 1 aliphatic heterocycles. The van der Waals surface area contributed by atoms with Crippen LogP contribution in [0.1, 0.15) is 29.0 Å². The first kappa shape index (κ1) is 23.8. The summed E-state index contributed by atoms with van der Waals surface area (Å²) in [5.74, 6) is 0.0870. The predicted molar refractivity (Wildman–Crippen MR) is 137 cm³/mol. The van der Waals surface area contributed by atoms with E-state index in [2.05, 4.69) is 46.5 Å². The highest BCUT2D eigenvalue weighted by atomic mass is 19.1. The van der Waals surface area contributed by atoms with Crippen molar-refractivity contribution >= 4 is 16.7 Å². The van der Waals surface area contributed by atoms with Crippen LogP contribution in [0.4, 0.5) is 4.39 Å². The second-order valence-electron chi connectivity index (χ2n) is 8.92. The van der Waals surface area contributed by atoms with E-state index < -0.39 is 11.8 Å². The van der Waals surface area contributed by atoms with Gasteiger partial charge in [-0.3, -0.25) is 0 Å². The molecule has 1 heterocycles. The summed E-state index contributed by atoms with van der Waals surface area (Å²) < 4.78 is 31.0. The molecule has 2 atom stereocenters. The Hall–Kier alpha value is -3.90. The second-order valence-corrected chi connectivity index (χ2v) is 8.92. The molecule has 0 saturated carbocycles. The summed E-state index contributed by atoms with van der Waals surface area (Å²) in [5.41, 5.74) is 3.02. The molecule has 4 aromatic carbocycles. The van der Waals surface area contributed by atoms with Gasteiger partial charge in [0.2, 0.25) is 0 Å². The van der Waals surface area contributed by atoms with Gasteiger partial charge in [-0.2, -0.15) is 0 Å². The van der Waals surface area contributed by atoms with Gasteiger partial charge in [-0.05, 0) is 46.5 Å². The number of hydrogen-bond acceptors (Lipinski definition) is 5. The van der Waals surface area contributed by atoms with Crippen molar-refractivity contribution in [2.45, 2.75) is 25.0 Å². The lowest BCUT2D eigenvalue weighted by molar-refractivity contribution is -0.142. The summed E-state index contributed by atoms with van der Waals surface area (Å²) in [4.78, 5) is 11.5. The molecule has 1 N–H and O–H groups in total. The van der Waals surface area contributed by atoms with Crippen LogP contribution in [0.5, 0.6) is 11.5 Å². The monoisotopic (exact) mass is 485 g/mol. The van der Waals surface area contributed by atoms with Gasteiger partial charge >= 0.3 is 5.97 Å². The van der Waals surface area contributed by atoms with E-state index in [1.165, 1.54) is 35.6 Å². The molecule has 0 aliphatic carbocycles. The largest absolute Gasteiger partial charge is 0.489 e. The molecule has 0 spiro atoms. The van der Waals surface area contributed by atoms with Crippen molar-refractivity contribution in [1.82, 2.24) is 5.32 Å².